The molecule has 3 nitrogen and oxygen atoms in total. The standard InChI is InChI=1S/C18H27N3/c1-14(2)12-18(15-8-4-3-5-9-15)13-20-17(19)21(18)16-10-6-7-11-16/h3-5,8-9,14,16H,6-7,10-13H2,1-2H3,(H2,19,20). The van der Waals surface area contributed by atoms with Gasteiger partial charge in [0, 0.05) is 6.04 Å². The van der Waals surface area contributed by atoms with Gasteiger partial charge in [0.25, 0.3) is 0 Å². The van der Waals surface area contributed by atoms with Gasteiger partial charge in [0.2, 0.25) is 0 Å². The van der Waals surface area contributed by atoms with Gasteiger partial charge in [-0.3, -0.25) is 4.99 Å². The molecule has 1 heterocycles. The number of hydrogen-bond acceptors (Lipinski definition) is 3. The number of nitrogens with two attached hydrogens (primary N) is 1. The highest BCUT2D eigenvalue weighted by molar-refractivity contribution is 5.81. The van der Waals surface area contributed by atoms with Gasteiger partial charge in [-0.15, -0.1) is 0 Å². The van der Waals surface area contributed by atoms with E-state index in [1.807, 2.05) is 0 Å². The summed E-state index contributed by atoms with van der Waals surface area (Å²) in [6.07, 6.45) is 6.26. The minimum absolute atomic E-state index is 0.0332. The van der Waals surface area contributed by atoms with Crippen LogP contribution in [-0.2, 0) is 5.54 Å². The van der Waals surface area contributed by atoms with Crippen LogP contribution in [0.25, 0.3) is 0 Å². The van der Waals surface area contributed by atoms with Crippen LogP contribution >= 0.6 is 0 Å². The first-order valence-corrected chi connectivity index (χ1v) is 8.28. The predicted octanol–water partition coefficient (Wildman–Crippen LogP) is 3.50. The van der Waals surface area contributed by atoms with Crippen LogP contribution in [0.2, 0.25) is 0 Å². The molecule has 1 saturated carbocycles. The molecule has 0 amide bonds. The average Bonchev–Trinajstić information content (AvgIpc) is 3.08. The smallest absolute Gasteiger partial charge is 0.192 e. The molecule has 2 N–H and O–H groups in total. The topological polar surface area (TPSA) is 41.6 Å². The van der Waals surface area contributed by atoms with E-state index in [2.05, 4.69) is 54.1 Å². The van der Waals surface area contributed by atoms with Gasteiger partial charge in [-0.2, -0.15) is 0 Å². The predicted molar refractivity (Wildman–Crippen MR) is 88.2 cm³/mol. The van der Waals surface area contributed by atoms with E-state index in [0.29, 0.717) is 12.0 Å². The van der Waals surface area contributed by atoms with E-state index < -0.39 is 0 Å². The van der Waals surface area contributed by atoms with E-state index in [-0.39, 0.29) is 5.54 Å². The normalized spacial score (nSPS) is 26.6. The summed E-state index contributed by atoms with van der Waals surface area (Å²) < 4.78 is 0. The number of nitrogens with zero attached hydrogens (tertiary/aromatic N) is 2. The fourth-order valence-electron chi connectivity index (χ4n) is 4.22. The van der Waals surface area contributed by atoms with Crippen LogP contribution in [0.3, 0.4) is 0 Å². The second kappa shape index (κ2) is 5.70. The van der Waals surface area contributed by atoms with E-state index in [9.17, 15) is 0 Å². The van der Waals surface area contributed by atoms with Crippen LogP contribution in [0, 0.1) is 5.92 Å². The molecule has 0 bridgehead atoms. The third kappa shape index (κ3) is 2.54. The molecular weight excluding hydrogens is 258 g/mol. The molecule has 1 atom stereocenters. The average molecular weight is 285 g/mol. The van der Waals surface area contributed by atoms with Crippen molar-refractivity contribution < 1.29 is 0 Å². The van der Waals surface area contributed by atoms with E-state index in [1.165, 1.54) is 31.2 Å². The Hall–Kier alpha value is -1.51. The van der Waals surface area contributed by atoms with Crippen LogP contribution in [-0.4, -0.2) is 23.4 Å². The zero-order chi connectivity index (χ0) is 14.9. The van der Waals surface area contributed by atoms with Crippen LogP contribution in [0.1, 0.15) is 51.5 Å². The SMILES string of the molecule is CC(C)CC1(c2ccccc2)CN=C(N)N1C1CCCC1. The second-order valence-corrected chi connectivity index (χ2v) is 6.98. The van der Waals surface area contributed by atoms with E-state index in [1.54, 1.807) is 0 Å². The van der Waals surface area contributed by atoms with Crippen molar-refractivity contribution in [3.63, 3.8) is 0 Å². The summed E-state index contributed by atoms with van der Waals surface area (Å²) in [6.45, 7) is 5.40. The van der Waals surface area contributed by atoms with Gasteiger partial charge >= 0.3 is 0 Å². The molecule has 0 spiro atoms. The molecule has 1 aliphatic heterocycles. The lowest BCUT2D eigenvalue weighted by Gasteiger charge is -2.44. The summed E-state index contributed by atoms with van der Waals surface area (Å²) in [5, 5.41) is 0. The summed E-state index contributed by atoms with van der Waals surface area (Å²) in [7, 11) is 0. The highest BCUT2D eigenvalue weighted by Crippen LogP contribution is 2.42. The molecule has 21 heavy (non-hydrogen) atoms. The van der Waals surface area contributed by atoms with Gasteiger partial charge in [-0.05, 0) is 30.7 Å². The van der Waals surface area contributed by atoms with E-state index in [0.717, 1.165) is 18.9 Å². The summed E-state index contributed by atoms with van der Waals surface area (Å²) in [5.41, 5.74) is 7.66. The first-order valence-electron chi connectivity index (χ1n) is 8.28. The highest BCUT2D eigenvalue weighted by Gasteiger charge is 2.47. The zero-order valence-electron chi connectivity index (χ0n) is 13.3. The quantitative estimate of drug-likeness (QED) is 0.920. The van der Waals surface area contributed by atoms with Gasteiger partial charge in [0.15, 0.2) is 5.96 Å². The molecule has 0 saturated heterocycles. The number of benzene rings is 1. The van der Waals surface area contributed by atoms with Gasteiger partial charge in [-0.25, -0.2) is 0 Å². The van der Waals surface area contributed by atoms with Gasteiger partial charge < -0.3 is 10.6 Å². The van der Waals surface area contributed by atoms with Crippen molar-refractivity contribution >= 4 is 5.96 Å². The van der Waals surface area contributed by atoms with Crippen LogP contribution in [0.5, 0.6) is 0 Å². The van der Waals surface area contributed by atoms with Crippen molar-refractivity contribution in [2.45, 2.75) is 57.5 Å². The molecule has 1 aliphatic carbocycles. The summed E-state index contributed by atoms with van der Waals surface area (Å²) >= 11 is 0. The lowest BCUT2D eigenvalue weighted by molar-refractivity contribution is 0.122. The van der Waals surface area contributed by atoms with Crippen molar-refractivity contribution in [1.82, 2.24) is 4.90 Å². The van der Waals surface area contributed by atoms with Gasteiger partial charge in [-0.1, -0.05) is 57.0 Å². The van der Waals surface area contributed by atoms with E-state index in [4.69, 9.17) is 5.73 Å². The molecule has 114 valence electrons. The number of aliphatic imine (C=N–C) groups is 1. The summed E-state index contributed by atoms with van der Waals surface area (Å²) in [4.78, 5) is 7.13. The Kier molecular flexibility index (Phi) is 3.92. The second-order valence-electron chi connectivity index (χ2n) is 6.98. The molecule has 1 fully saturated rings. The Morgan fingerprint density at radius 1 is 1.24 bits per heavy atom. The summed E-state index contributed by atoms with van der Waals surface area (Å²) in [5.74, 6) is 1.38. The molecule has 2 aliphatic rings. The number of guanidine groups is 1. The Balaban J connectivity index is 2.02. The fourth-order valence-corrected chi connectivity index (χ4v) is 4.22. The molecule has 0 radical (unpaired) electrons. The highest BCUT2D eigenvalue weighted by atomic mass is 15.4. The maximum atomic E-state index is 6.32. The first-order chi connectivity index (χ1) is 10.1. The molecule has 3 rings (SSSR count). The summed E-state index contributed by atoms with van der Waals surface area (Å²) in [6, 6.07) is 11.4. The third-order valence-electron chi connectivity index (χ3n) is 4.96. The zero-order valence-corrected chi connectivity index (χ0v) is 13.3. The Labute approximate surface area is 128 Å². The third-order valence-corrected chi connectivity index (χ3v) is 4.96. The van der Waals surface area contributed by atoms with Crippen molar-refractivity contribution in [2.75, 3.05) is 6.54 Å². The number of hydrogen-bond donors (Lipinski definition) is 1. The fraction of sp³-hybridized carbons (Fsp3) is 0.611. The van der Waals surface area contributed by atoms with Gasteiger partial charge in [0.1, 0.15) is 0 Å². The first kappa shape index (κ1) is 14.4. The molecular formula is C18H27N3. The maximum Gasteiger partial charge on any atom is 0.192 e. The number of rotatable bonds is 4. The Morgan fingerprint density at radius 3 is 2.52 bits per heavy atom. The van der Waals surface area contributed by atoms with Crippen LogP contribution in [0.15, 0.2) is 35.3 Å². The van der Waals surface area contributed by atoms with Gasteiger partial charge in [0.05, 0.1) is 12.1 Å². The minimum atomic E-state index is -0.0332. The largest absolute Gasteiger partial charge is 0.370 e. The van der Waals surface area contributed by atoms with Crippen LogP contribution < -0.4 is 5.73 Å². The molecule has 1 aromatic carbocycles. The molecule has 1 unspecified atom stereocenters. The lowest BCUT2D eigenvalue weighted by Crippen LogP contribution is -2.54. The van der Waals surface area contributed by atoms with Crippen LogP contribution in [0.4, 0.5) is 0 Å². The van der Waals surface area contributed by atoms with E-state index >= 15 is 0 Å². The Bertz CT molecular complexity index is 502. The van der Waals surface area contributed by atoms with Crippen molar-refractivity contribution in [3.05, 3.63) is 35.9 Å². The van der Waals surface area contributed by atoms with Crippen molar-refractivity contribution in [2.24, 2.45) is 16.6 Å². The molecule has 1 aromatic rings. The Morgan fingerprint density at radius 2 is 1.90 bits per heavy atom. The van der Waals surface area contributed by atoms with Crippen molar-refractivity contribution in [3.8, 4) is 0 Å². The lowest BCUT2D eigenvalue weighted by atomic mass is 9.80. The molecule has 3 heteroatoms. The van der Waals surface area contributed by atoms with Crippen molar-refractivity contribution in [1.29, 1.82) is 0 Å². The minimum Gasteiger partial charge on any atom is -0.370 e. The molecule has 0 aromatic heterocycles. The maximum absolute atomic E-state index is 6.32. The monoisotopic (exact) mass is 285 g/mol.